The Morgan fingerprint density at radius 2 is 2.19 bits per heavy atom. The number of nitriles is 1. The lowest BCUT2D eigenvalue weighted by molar-refractivity contribution is -0.141. The first-order valence-electron chi connectivity index (χ1n) is 5.04. The lowest BCUT2D eigenvalue weighted by Crippen LogP contribution is -2.15. The zero-order chi connectivity index (χ0) is 11.8. The Labute approximate surface area is 90.5 Å². The number of rotatable bonds is 1. The summed E-state index contributed by atoms with van der Waals surface area (Å²) in [5.41, 5.74) is -0.893. The van der Waals surface area contributed by atoms with E-state index in [9.17, 15) is 13.2 Å². The smallest absolute Gasteiger partial charge is 0.268 e. The third kappa shape index (κ3) is 1.90. The van der Waals surface area contributed by atoms with Gasteiger partial charge in [-0.25, -0.2) is 0 Å². The molecule has 0 amide bonds. The molecular weight excluding hydrogens is 219 g/mol. The standard InChI is InChI=1S/C10H10F3N3/c11-10(12,13)9-4-5-16(15-9)8-3-1-2-7(8)6-14/h4-5,7-8H,1-3H2. The van der Waals surface area contributed by atoms with Crippen molar-refractivity contribution in [2.24, 2.45) is 5.92 Å². The Balaban J connectivity index is 2.23. The van der Waals surface area contributed by atoms with Gasteiger partial charge in [-0.05, 0) is 25.3 Å². The van der Waals surface area contributed by atoms with E-state index in [2.05, 4.69) is 11.2 Å². The molecule has 1 aromatic rings. The van der Waals surface area contributed by atoms with Crippen LogP contribution >= 0.6 is 0 Å². The third-order valence-electron chi connectivity index (χ3n) is 2.88. The molecule has 0 aromatic carbocycles. The molecule has 0 aliphatic heterocycles. The van der Waals surface area contributed by atoms with Gasteiger partial charge in [-0.2, -0.15) is 23.5 Å². The van der Waals surface area contributed by atoms with E-state index in [1.54, 1.807) is 0 Å². The van der Waals surface area contributed by atoms with Gasteiger partial charge < -0.3 is 0 Å². The molecule has 2 unspecified atom stereocenters. The number of aromatic nitrogens is 2. The molecule has 86 valence electrons. The van der Waals surface area contributed by atoms with E-state index < -0.39 is 11.9 Å². The quantitative estimate of drug-likeness (QED) is 0.743. The van der Waals surface area contributed by atoms with Crippen LogP contribution in [0.1, 0.15) is 31.0 Å². The normalized spacial score (nSPS) is 25.6. The molecule has 0 N–H and O–H groups in total. The fraction of sp³-hybridized carbons (Fsp3) is 0.600. The van der Waals surface area contributed by atoms with Crippen molar-refractivity contribution >= 4 is 0 Å². The number of halogens is 3. The van der Waals surface area contributed by atoms with Crippen LogP contribution < -0.4 is 0 Å². The molecule has 16 heavy (non-hydrogen) atoms. The summed E-state index contributed by atoms with van der Waals surface area (Å²) in [5.74, 6) is -0.221. The maximum atomic E-state index is 12.3. The maximum absolute atomic E-state index is 12.3. The van der Waals surface area contributed by atoms with Gasteiger partial charge in [0.15, 0.2) is 5.69 Å². The van der Waals surface area contributed by atoms with Crippen molar-refractivity contribution in [3.05, 3.63) is 18.0 Å². The van der Waals surface area contributed by atoms with E-state index in [4.69, 9.17) is 5.26 Å². The second kappa shape index (κ2) is 3.81. The zero-order valence-corrected chi connectivity index (χ0v) is 8.41. The minimum Gasteiger partial charge on any atom is -0.268 e. The monoisotopic (exact) mass is 229 g/mol. The highest BCUT2D eigenvalue weighted by Gasteiger charge is 2.36. The van der Waals surface area contributed by atoms with Crippen LogP contribution in [-0.2, 0) is 6.18 Å². The summed E-state index contributed by atoms with van der Waals surface area (Å²) < 4.78 is 38.3. The van der Waals surface area contributed by atoms with Gasteiger partial charge in [0.2, 0.25) is 0 Å². The Kier molecular flexibility index (Phi) is 2.62. The molecule has 1 aromatic heterocycles. The molecular formula is C10H10F3N3. The van der Waals surface area contributed by atoms with E-state index in [0.717, 1.165) is 25.3 Å². The maximum Gasteiger partial charge on any atom is 0.435 e. The molecule has 0 spiro atoms. The van der Waals surface area contributed by atoms with Gasteiger partial charge in [0.05, 0.1) is 18.0 Å². The third-order valence-corrected chi connectivity index (χ3v) is 2.88. The zero-order valence-electron chi connectivity index (χ0n) is 8.41. The van der Waals surface area contributed by atoms with Crippen LogP contribution in [0.15, 0.2) is 12.3 Å². The highest BCUT2D eigenvalue weighted by Crippen LogP contribution is 2.36. The van der Waals surface area contributed by atoms with Crippen LogP contribution in [0, 0.1) is 17.2 Å². The second-order valence-corrected chi connectivity index (χ2v) is 3.91. The van der Waals surface area contributed by atoms with Gasteiger partial charge in [-0.1, -0.05) is 0 Å². The minimum absolute atomic E-state index is 0.207. The molecule has 1 aliphatic rings. The predicted molar refractivity (Wildman–Crippen MR) is 49.2 cm³/mol. The van der Waals surface area contributed by atoms with Gasteiger partial charge in [0.1, 0.15) is 0 Å². The summed E-state index contributed by atoms with van der Waals surface area (Å²) in [6.45, 7) is 0. The first-order valence-corrected chi connectivity index (χ1v) is 5.04. The van der Waals surface area contributed by atoms with Crippen molar-refractivity contribution in [1.29, 1.82) is 5.26 Å². The Morgan fingerprint density at radius 3 is 2.75 bits per heavy atom. The molecule has 1 fully saturated rings. The SMILES string of the molecule is N#CC1CCCC1n1ccc(C(F)(F)F)n1. The van der Waals surface area contributed by atoms with Gasteiger partial charge in [0, 0.05) is 6.20 Å². The number of hydrogen-bond acceptors (Lipinski definition) is 2. The van der Waals surface area contributed by atoms with E-state index >= 15 is 0 Å². The molecule has 0 bridgehead atoms. The lowest BCUT2D eigenvalue weighted by Gasteiger charge is -2.13. The van der Waals surface area contributed by atoms with E-state index in [1.807, 2.05) is 0 Å². The van der Waals surface area contributed by atoms with Crippen molar-refractivity contribution in [3.8, 4) is 6.07 Å². The number of alkyl halides is 3. The summed E-state index contributed by atoms with van der Waals surface area (Å²) in [7, 11) is 0. The van der Waals surface area contributed by atoms with Crippen molar-refractivity contribution in [3.63, 3.8) is 0 Å². The summed E-state index contributed by atoms with van der Waals surface area (Å²) in [4.78, 5) is 0. The van der Waals surface area contributed by atoms with Crippen LogP contribution in [0.2, 0.25) is 0 Å². The van der Waals surface area contributed by atoms with Crippen LogP contribution in [0.4, 0.5) is 13.2 Å². The van der Waals surface area contributed by atoms with Gasteiger partial charge >= 0.3 is 6.18 Å². The highest BCUT2D eigenvalue weighted by molar-refractivity contribution is 5.06. The summed E-state index contributed by atoms with van der Waals surface area (Å²) in [5, 5.41) is 12.4. The van der Waals surface area contributed by atoms with Crippen molar-refractivity contribution in [1.82, 2.24) is 9.78 Å². The van der Waals surface area contributed by atoms with Gasteiger partial charge in [0.25, 0.3) is 0 Å². The summed E-state index contributed by atoms with van der Waals surface area (Å²) in [6.07, 6.45) is -0.779. The largest absolute Gasteiger partial charge is 0.435 e. The minimum atomic E-state index is -4.41. The molecule has 0 radical (unpaired) electrons. The number of nitrogens with zero attached hydrogens (tertiary/aromatic N) is 3. The first-order chi connectivity index (χ1) is 7.52. The average Bonchev–Trinajstić information content (AvgIpc) is 2.84. The van der Waals surface area contributed by atoms with Crippen LogP contribution in [0.5, 0.6) is 0 Å². The van der Waals surface area contributed by atoms with Gasteiger partial charge in [-0.15, -0.1) is 0 Å². The first kappa shape index (κ1) is 11.0. The highest BCUT2D eigenvalue weighted by atomic mass is 19.4. The molecule has 2 atom stereocenters. The number of hydrogen-bond donors (Lipinski definition) is 0. The second-order valence-electron chi connectivity index (χ2n) is 3.91. The van der Waals surface area contributed by atoms with Crippen LogP contribution in [0.25, 0.3) is 0 Å². The molecule has 1 saturated carbocycles. The van der Waals surface area contributed by atoms with E-state index in [0.29, 0.717) is 0 Å². The molecule has 1 heterocycles. The van der Waals surface area contributed by atoms with Crippen molar-refractivity contribution < 1.29 is 13.2 Å². The summed E-state index contributed by atoms with van der Waals surface area (Å²) in [6, 6.07) is 2.86. The van der Waals surface area contributed by atoms with Crippen molar-refractivity contribution in [2.45, 2.75) is 31.5 Å². The van der Waals surface area contributed by atoms with E-state index in [1.165, 1.54) is 10.9 Å². The van der Waals surface area contributed by atoms with Gasteiger partial charge in [-0.3, -0.25) is 4.68 Å². The van der Waals surface area contributed by atoms with Crippen LogP contribution in [-0.4, -0.2) is 9.78 Å². The summed E-state index contributed by atoms with van der Waals surface area (Å²) >= 11 is 0. The van der Waals surface area contributed by atoms with E-state index in [-0.39, 0.29) is 12.0 Å². The fourth-order valence-electron chi connectivity index (χ4n) is 2.08. The Hall–Kier alpha value is -1.51. The van der Waals surface area contributed by atoms with Crippen LogP contribution in [0.3, 0.4) is 0 Å². The van der Waals surface area contributed by atoms with Crippen molar-refractivity contribution in [2.75, 3.05) is 0 Å². The fourth-order valence-corrected chi connectivity index (χ4v) is 2.08. The Morgan fingerprint density at radius 1 is 1.44 bits per heavy atom. The molecule has 3 nitrogen and oxygen atoms in total. The average molecular weight is 229 g/mol. The molecule has 1 aliphatic carbocycles. The Bertz CT molecular complexity index is 416. The molecule has 0 saturated heterocycles. The lowest BCUT2D eigenvalue weighted by atomic mass is 10.1. The molecule has 6 heteroatoms. The predicted octanol–water partition coefficient (Wildman–Crippen LogP) is 2.77. The molecule has 2 rings (SSSR count). The topological polar surface area (TPSA) is 41.6 Å².